The number of benzene rings is 1. The zero-order chi connectivity index (χ0) is 12.8. The Hall–Kier alpha value is -2.12. The predicted molar refractivity (Wildman–Crippen MR) is 69.5 cm³/mol. The van der Waals surface area contributed by atoms with E-state index in [9.17, 15) is 0 Å². The molecule has 0 aliphatic heterocycles. The van der Waals surface area contributed by atoms with E-state index in [0.29, 0.717) is 18.3 Å². The van der Waals surface area contributed by atoms with E-state index in [0.717, 1.165) is 12.0 Å². The van der Waals surface area contributed by atoms with Crippen molar-refractivity contribution in [2.45, 2.75) is 25.9 Å². The number of hydrogen-bond donors (Lipinski definition) is 1. The van der Waals surface area contributed by atoms with E-state index in [2.05, 4.69) is 21.4 Å². The van der Waals surface area contributed by atoms with Gasteiger partial charge < -0.3 is 4.42 Å². The van der Waals surface area contributed by atoms with Crippen LogP contribution in [0, 0.1) is 12.3 Å². The van der Waals surface area contributed by atoms with Gasteiger partial charge in [0.05, 0.1) is 12.6 Å². The van der Waals surface area contributed by atoms with Gasteiger partial charge in [-0.1, -0.05) is 31.0 Å². The first kappa shape index (κ1) is 12.3. The van der Waals surface area contributed by atoms with Crippen LogP contribution in [0.5, 0.6) is 0 Å². The molecule has 0 aliphatic rings. The molecule has 1 atom stereocenters. The molecule has 1 heterocycles. The van der Waals surface area contributed by atoms with Gasteiger partial charge in [-0.15, -0.1) is 16.6 Å². The van der Waals surface area contributed by atoms with Gasteiger partial charge in [0.25, 0.3) is 0 Å². The van der Waals surface area contributed by atoms with E-state index < -0.39 is 0 Å². The Morgan fingerprint density at radius 1 is 1.33 bits per heavy atom. The fraction of sp³-hybridized carbons (Fsp3) is 0.286. The molecule has 0 bridgehead atoms. The largest absolute Gasteiger partial charge is 0.419 e. The summed E-state index contributed by atoms with van der Waals surface area (Å²) in [6.45, 7) is 2.52. The normalized spacial score (nSPS) is 12.0. The quantitative estimate of drug-likeness (QED) is 0.816. The van der Waals surface area contributed by atoms with Crippen LogP contribution in [0.1, 0.15) is 19.2 Å². The molecule has 1 aromatic carbocycles. The molecule has 4 heteroatoms. The van der Waals surface area contributed by atoms with Crippen molar-refractivity contribution in [3.63, 3.8) is 0 Å². The summed E-state index contributed by atoms with van der Waals surface area (Å²) < 4.78 is 5.56. The van der Waals surface area contributed by atoms with E-state index in [1.807, 2.05) is 37.3 Å². The van der Waals surface area contributed by atoms with Crippen molar-refractivity contribution >= 4 is 0 Å². The first-order valence-corrected chi connectivity index (χ1v) is 5.90. The Morgan fingerprint density at radius 2 is 2.11 bits per heavy atom. The highest BCUT2D eigenvalue weighted by molar-refractivity contribution is 5.51. The molecule has 2 rings (SSSR count). The highest BCUT2D eigenvalue weighted by atomic mass is 16.4. The minimum atomic E-state index is 0.0390. The SMILES string of the molecule is C#CC(CC)NCc1nnc(-c2ccccc2)o1. The summed E-state index contributed by atoms with van der Waals surface area (Å²) in [5, 5.41) is 11.2. The third-order valence-electron chi connectivity index (χ3n) is 2.60. The molecule has 0 radical (unpaired) electrons. The van der Waals surface area contributed by atoms with Crippen LogP contribution in [0.2, 0.25) is 0 Å². The molecule has 1 aromatic heterocycles. The lowest BCUT2D eigenvalue weighted by atomic mass is 10.2. The van der Waals surface area contributed by atoms with Crippen LogP contribution < -0.4 is 5.32 Å². The number of terminal acetylenes is 1. The molecule has 2 aromatic rings. The maximum atomic E-state index is 5.56. The van der Waals surface area contributed by atoms with Gasteiger partial charge in [-0.3, -0.25) is 5.32 Å². The van der Waals surface area contributed by atoms with Gasteiger partial charge >= 0.3 is 0 Å². The summed E-state index contributed by atoms with van der Waals surface area (Å²) in [5.41, 5.74) is 0.917. The second-order valence-electron chi connectivity index (χ2n) is 3.88. The molecule has 0 amide bonds. The van der Waals surface area contributed by atoms with Crippen LogP contribution in [0.15, 0.2) is 34.7 Å². The molecule has 1 unspecified atom stereocenters. The summed E-state index contributed by atoms with van der Waals surface area (Å²) in [6.07, 6.45) is 6.24. The van der Waals surface area contributed by atoms with Gasteiger partial charge in [-0.05, 0) is 18.6 Å². The van der Waals surface area contributed by atoms with Crippen LogP contribution in [0.3, 0.4) is 0 Å². The van der Waals surface area contributed by atoms with Crippen molar-refractivity contribution in [2.75, 3.05) is 0 Å². The predicted octanol–water partition coefficient (Wildman–Crippen LogP) is 2.24. The molecule has 0 saturated carbocycles. The standard InChI is InChI=1S/C14H15N3O/c1-3-12(4-2)15-10-13-16-17-14(18-13)11-8-6-5-7-9-11/h1,5-9,12,15H,4,10H2,2H3. The van der Waals surface area contributed by atoms with Gasteiger partial charge in [-0.25, -0.2) is 0 Å². The van der Waals surface area contributed by atoms with Crippen molar-refractivity contribution in [2.24, 2.45) is 0 Å². The zero-order valence-corrected chi connectivity index (χ0v) is 10.3. The average Bonchev–Trinajstić information content (AvgIpc) is 2.90. The lowest BCUT2D eigenvalue weighted by Gasteiger charge is -2.07. The number of aromatic nitrogens is 2. The Kier molecular flexibility index (Phi) is 4.11. The number of rotatable bonds is 5. The smallest absolute Gasteiger partial charge is 0.247 e. The minimum absolute atomic E-state index is 0.0390. The minimum Gasteiger partial charge on any atom is -0.419 e. The van der Waals surface area contributed by atoms with Crippen molar-refractivity contribution in [1.82, 2.24) is 15.5 Å². The second-order valence-corrected chi connectivity index (χ2v) is 3.88. The molecule has 92 valence electrons. The first-order valence-electron chi connectivity index (χ1n) is 5.90. The van der Waals surface area contributed by atoms with E-state index >= 15 is 0 Å². The molecular weight excluding hydrogens is 226 g/mol. The van der Waals surface area contributed by atoms with Crippen LogP contribution in [-0.2, 0) is 6.54 Å². The van der Waals surface area contributed by atoms with Crippen LogP contribution in [0.4, 0.5) is 0 Å². The van der Waals surface area contributed by atoms with Crippen molar-refractivity contribution < 1.29 is 4.42 Å². The monoisotopic (exact) mass is 241 g/mol. The van der Waals surface area contributed by atoms with Crippen molar-refractivity contribution in [1.29, 1.82) is 0 Å². The maximum absolute atomic E-state index is 5.56. The highest BCUT2D eigenvalue weighted by Crippen LogP contribution is 2.16. The zero-order valence-electron chi connectivity index (χ0n) is 10.3. The van der Waals surface area contributed by atoms with Gasteiger partial charge in [-0.2, -0.15) is 0 Å². The number of nitrogens with one attached hydrogen (secondary N) is 1. The third-order valence-corrected chi connectivity index (χ3v) is 2.60. The molecule has 0 saturated heterocycles. The van der Waals surface area contributed by atoms with Gasteiger partial charge in [0.1, 0.15) is 0 Å². The lowest BCUT2D eigenvalue weighted by Crippen LogP contribution is -2.26. The topological polar surface area (TPSA) is 51.0 Å². The Morgan fingerprint density at radius 3 is 2.78 bits per heavy atom. The molecule has 0 aliphatic carbocycles. The summed E-state index contributed by atoms with van der Waals surface area (Å²) in [7, 11) is 0. The van der Waals surface area contributed by atoms with Crippen LogP contribution in [0.25, 0.3) is 11.5 Å². The number of nitrogens with zero attached hydrogens (tertiary/aromatic N) is 2. The van der Waals surface area contributed by atoms with Gasteiger partial charge in [0.15, 0.2) is 0 Å². The highest BCUT2D eigenvalue weighted by Gasteiger charge is 2.09. The molecule has 0 spiro atoms. The Bertz CT molecular complexity index is 527. The molecule has 0 fully saturated rings. The Labute approximate surface area is 106 Å². The summed E-state index contributed by atoms with van der Waals surface area (Å²) in [6, 6.07) is 9.71. The molecule has 18 heavy (non-hydrogen) atoms. The summed E-state index contributed by atoms with van der Waals surface area (Å²) in [5.74, 6) is 3.73. The second kappa shape index (κ2) is 5.99. The molecule has 4 nitrogen and oxygen atoms in total. The van der Waals surface area contributed by atoms with E-state index in [1.54, 1.807) is 0 Å². The van der Waals surface area contributed by atoms with E-state index in [-0.39, 0.29) is 6.04 Å². The van der Waals surface area contributed by atoms with Crippen LogP contribution in [-0.4, -0.2) is 16.2 Å². The summed E-state index contributed by atoms with van der Waals surface area (Å²) in [4.78, 5) is 0. The van der Waals surface area contributed by atoms with Crippen LogP contribution >= 0.6 is 0 Å². The fourth-order valence-electron chi connectivity index (χ4n) is 1.55. The van der Waals surface area contributed by atoms with Crippen molar-refractivity contribution in [3.8, 4) is 23.8 Å². The van der Waals surface area contributed by atoms with E-state index in [4.69, 9.17) is 10.8 Å². The van der Waals surface area contributed by atoms with Crippen molar-refractivity contribution in [3.05, 3.63) is 36.2 Å². The maximum Gasteiger partial charge on any atom is 0.247 e. The molecule has 1 N–H and O–H groups in total. The Balaban J connectivity index is 2.01. The van der Waals surface area contributed by atoms with Gasteiger partial charge in [0.2, 0.25) is 11.8 Å². The average molecular weight is 241 g/mol. The van der Waals surface area contributed by atoms with E-state index in [1.165, 1.54) is 0 Å². The third kappa shape index (κ3) is 2.96. The number of hydrogen-bond acceptors (Lipinski definition) is 4. The fourth-order valence-corrected chi connectivity index (χ4v) is 1.55. The molecular formula is C14H15N3O. The van der Waals surface area contributed by atoms with Gasteiger partial charge in [0, 0.05) is 5.56 Å². The first-order chi connectivity index (χ1) is 8.83. The lowest BCUT2D eigenvalue weighted by molar-refractivity contribution is 0.461. The summed E-state index contributed by atoms with van der Waals surface area (Å²) >= 11 is 0.